The summed E-state index contributed by atoms with van der Waals surface area (Å²) in [5.41, 5.74) is 7.20. The van der Waals surface area contributed by atoms with Crippen LogP contribution in [0.4, 0.5) is 10.5 Å². The van der Waals surface area contributed by atoms with Crippen molar-refractivity contribution in [1.29, 1.82) is 0 Å². The van der Waals surface area contributed by atoms with Gasteiger partial charge in [-0.1, -0.05) is 31.2 Å². The van der Waals surface area contributed by atoms with Gasteiger partial charge in [-0.3, -0.25) is 14.4 Å². The Hall–Kier alpha value is -4.34. The molecule has 0 radical (unpaired) electrons. The summed E-state index contributed by atoms with van der Waals surface area (Å²) in [7, 11) is 1.42. The van der Waals surface area contributed by atoms with E-state index in [4.69, 9.17) is 15.2 Å². The maximum absolute atomic E-state index is 12.7. The number of nitrogens with one attached hydrogen (secondary N) is 2. The number of urea groups is 1. The normalized spacial score (nSPS) is 14.2. The number of rotatable bonds is 9. The Kier molecular flexibility index (Phi) is 7.29. The first kappa shape index (κ1) is 23.3. The number of hydrogen-bond donors (Lipinski definition) is 3. The number of aryl methyl sites for hydroxylation is 1. The monoisotopic (exact) mass is 452 g/mol. The molecule has 10 heteroatoms. The minimum Gasteiger partial charge on any atom is -0.493 e. The highest BCUT2D eigenvalue weighted by molar-refractivity contribution is 6.16. The topological polar surface area (TPSA) is 140 Å². The lowest BCUT2D eigenvalue weighted by molar-refractivity contribution is -0.127. The van der Waals surface area contributed by atoms with Gasteiger partial charge in [0.2, 0.25) is 5.91 Å². The molecule has 5 amide bonds. The van der Waals surface area contributed by atoms with Gasteiger partial charge in [0.25, 0.3) is 11.8 Å². The summed E-state index contributed by atoms with van der Waals surface area (Å²) in [6.07, 6.45) is 2.17. The van der Waals surface area contributed by atoms with E-state index in [2.05, 4.69) is 10.6 Å². The smallest absolute Gasteiger partial charge is 0.329 e. The number of primary amides is 1. The third-order valence-corrected chi connectivity index (χ3v) is 4.81. The van der Waals surface area contributed by atoms with Crippen molar-refractivity contribution in [3.05, 3.63) is 59.3 Å². The van der Waals surface area contributed by atoms with Crippen molar-refractivity contribution in [3.8, 4) is 11.5 Å². The zero-order valence-electron chi connectivity index (χ0n) is 18.2. The number of imide groups is 1. The Morgan fingerprint density at radius 1 is 1.15 bits per heavy atom. The van der Waals surface area contributed by atoms with Gasteiger partial charge in [0.05, 0.1) is 7.11 Å². The number of methoxy groups -OCH3 is 1. The predicted octanol–water partition coefficient (Wildman–Crippen LogP) is 1.65. The Balaban J connectivity index is 1.71. The molecule has 0 unspecified atom stereocenters. The molecule has 0 aromatic heterocycles. The van der Waals surface area contributed by atoms with Gasteiger partial charge < -0.3 is 25.8 Å². The van der Waals surface area contributed by atoms with Crippen molar-refractivity contribution in [2.45, 2.75) is 13.3 Å². The summed E-state index contributed by atoms with van der Waals surface area (Å²) in [5.74, 6) is -1.14. The minimum atomic E-state index is -0.696. The molecule has 1 aliphatic heterocycles. The summed E-state index contributed by atoms with van der Waals surface area (Å²) in [6.45, 7) is 1.22. The quantitative estimate of drug-likeness (QED) is 0.390. The molecule has 0 spiro atoms. The molecule has 2 aromatic rings. The molecule has 10 nitrogen and oxygen atoms in total. The number of carbonyl (C=O) groups excluding carboxylic acids is 4. The molecule has 1 fully saturated rings. The number of benzene rings is 2. The molecule has 1 heterocycles. The minimum absolute atomic E-state index is 0.00890. The predicted molar refractivity (Wildman–Crippen MR) is 120 cm³/mol. The molecule has 0 saturated carbocycles. The van der Waals surface area contributed by atoms with Crippen LogP contribution in [0.15, 0.2) is 48.2 Å². The zero-order valence-corrected chi connectivity index (χ0v) is 18.2. The van der Waals surface area contributed by atoms with Crippen molar-refractivity contribution in [2.24, 2.45) is 5.73 Å². The van der Waals surface area contributed by atoms with Gasteiger partial charge >= 0.3 is 6.03 Å². The van der Waals surface area contributed by atoms with Crippen molar-refractivity contribution in [2.75, 3.05) is 25.6 Å². The molecule has 0 bridgehead atoms. The van der Waals surface area contributed by atoms with Crippen molar-refractivity contribution in [1.82, 2.24) is 10.2 Å². The summed E-state index contributed by atoms with van der Waals surface area (Å²) >= 11 is 0. The second-order valence-electron chi connectivity index (χ2n) is 7.10. The number of nitrogens with two attached hydrogens (primary N) is 1. The van der Waals surface area contributed by atoms with Crippen LogP contribution < -0.4 is 25.8 Å². The highest BCUT2D eigenvalue weighted by Crippen LogP contribution is 2.29. The molecular formula is C23H24N4O6. The van der Waals surface area contributed by atoms with Crippen molar-refractivity contribution < 1.29 is 28.7 Å². The molecule has 3 rings (SSSR count). The van der Waals surface area contributed by atoms with Crippen LogP contribution in [0.5, 0.6) is 11.5 Å². The third-order valence-electron chi connectivity index (χ3n) is 4.81. The second-order valence-corrected chi connectivity index (χ2v) is 7.10. The van der Waals surface area contributed by atoms with E-state index in [-0.39, 0.29) is 12.3 Å². The Labute approximate surface area is 190 Å². The van der Waals surface area contributed by atoms with E-state index in [1.165, 1.54) is 13.2 Å². The van der Waals surface area contributed by atoms with Gasteiger partial charge in [-0.05, 0) is 41.8 Å². The molecule has 0 aliphatic carbocycles. The maximum Gasteiger partial charge on any atom is 0.329 e. The van der Waals surface area contributed by atoms with Crippen molar-refractivity contribution >= 4 is 35.5 Å². The molecular weight excluding hydrogens is 428 g/mol. The largest absolute Gasteiger partial charge is 0.493 e. The fraction of sp³-hybridized carbons (Fsp3) is 0.217. The lowest BCUT2D eigenvalue weighted by Crippen LogP contribution is -2.38. The standard InChI is InChI=1S/C23H24N4O6/c1-3-15-6-4-5-7-16(15)25-21(29)12-27-22(30)17(26-23(27)31)10-14-8-9-18(19(11-14)32-2)33-13-20(24)28/h4-11H,3,12-13H2,1-2H3,(H2,24,28)(H,25,29)(H,26,31)/b17-10+. The number of amides is 5. The van der Waals surface area contributed by atoms with Crippen LogP contribution in [-0.4, -0.2) is 48.9 Å². The van der Waals surface area contributed by atoms with Gasteiger partial charge in [0.15, 0.2) is 18.1 Å². The van der Waals surface area contributed by atoms with Crippen LogP contribution in [0.1, 0.15) is 18.1 Å². The number of ether oxygens (including phenoxy) is 2. The van der Waals surface area contributed by atoms with Crippen LogP contribution in [0.25, 0.3) is 6.08 Å². The molecule has 0 atom stereocenters. The van der Waals surface area contributed by atoms with Gasteiger partial charge in [0.1, 0.15) is 12.2 Å². The van der Waals surface area contributed by atoms with E-state index >= 15 is 0 Å². The molecule has 1 saturated heterocycles. The number of nitrogens with zero attached hydrogens (tertiary/aromatic N) is 1. The van der Waals surface area contributed by atoms with E-state index in [1.807, 2.05) is 19.1 Å². The zero-order chi connectivity index (χ0) is 24.0. The van der Waals surface area contributed by atoms with Crippen LogP contribution >= 0.6 is 0 Å². The lowest BCUT2D eigenvalue weighted by atomic mass is 10.1. The number of hydrogen-bond acceptors (Lipinski definition) is 6. The number of para-hydroxylation sites is 1. The molecule has 172 valence electrons. The van der Waals surface area contributed by atoms with Crippen molar-refractivity contribution in [3.63, 3.8) is 0 Å². The first-order valence-electron chi connectivity index (χ1n) is 10.1. The lowest BCUT2D eigenvalue weighted by Gasteiger charge is -2.13. The second kappa shape index (κ2) is 10.3. The highest BCUT2D eigenvalue weighted by atomic mass is 16.5. The Bertz CT molecular complexity index is 1130. The molecule has 2 aromatic carbocycles. The van der Waals surface area contributed by atoms with E-state index in [0.29, 0.717) is 22.7 Å². The first-order chi connectivity index (χ1) is 15.8. The summed E-state index contributed by atoms with van der Waals surface area (Å²) in [5, 5.41) is 5.21. The average molecular weight is 452 g/mol. The summed E-state index contributed by atoms with van der Waals surface area (Å²) < 4.78 is 10.5. The fourth-order valence-corrected chi connectivity index (χ4v) is 3.21. The number of anilines is 1. The van der Waals surface area contributed by atoms with Crippen LogP contribution in [0.2, 0.25) is 0 Å². The first-order valence-corrected chi connectivity index (χ1v) is 10.1. The van der Waals surface area contributed by atoms with E-state index < -0.39 is 30.3 Å². The molecule has 33 heavy (non-hydrogen) atoms. The molecule has 4 N–H and O–H groups in total. The van der Waals surface area contributed by atoms with E-state index in [0.717, 1.165) is 16.9 Å². The molecule has 1 aliphatic rings. The van der Waals surface area contributed by atoms with Crippen LogP contribution in [-0.2, 0) is 20.8 Å². The van der Waals surface area contributed by atoms with Gasteiger partial charge in [0, 0.05) is 5.69 Å². The highest BCUT2D eigenvalue weighted by Gasteiger charge is 2.35. The SMILES string of the molecule is CCc1ccccc1NC(=O)CN1C(=O)N/C(=C/c2ccc(OCC(N)=O)c(OC)c2)C1=O. The van der Waals surface area contributed by atoms with Gasteiger partial charge in [-0.2, -0.15) is 0 Å². The number of carbonyl (C=O) groups is 4. The Morgan fingerprint density at radius 3 is 2.61 bits per heavy atom. The summed E-state index contributed by atoms with van der Waals surface area (Å²) in [4.78, 5) is 49.2. The van der Waals surface area contributed by atoms with Gasteiger partial charge in [-0.25, -0.2) is 9.69 Å². The van der Waals surface area contributed by atoms with E-state index in [1.54, 1.807) is 30.3 Å². The average Bonchev–Trinajstić information content (AvgIpc) is 3.05. The maximum atomic E-state index is 12.7. The van der Waals surface area contributed by atoms with Crippen LogP contribution in [0, 0.1) is 0 Å². The van der Waals surface area contributed by atoms with Crippen LogP contribution in [0.3, 0.4) is 0 Å². The Morgan fingerprint density at radius 2 is 1.91 bits per heavy atom. The van der Waals surface area contributed by atoms with Gasteiger partial charge in [-0.15, -0.1) is 0 Å². The van der Waals surface area contributed by atoms with E-state index in [9.17, 15) is 19.2 Å². The third kappa shape index (κ3) is 5.67. The summed E-state index contributed by atoms with van der Waals surface area (Å²) in [6, 6.07) is 11.4. The fourth-order valence-electron chi connectivity index (χ4n) is 3.21.